The molecule has 9 nitrogen and oxygen atoms in total. The van der Waals surface area contributed by atoms with Gasteiger partial charge in [-0.1, -0.05) is 195 Å². The Kier molecular flexibility index (Phi) is 44.1. The topological polar surface area (TPSA) is 135 Å². The minimum absolute atomic E-state index is 0.126. The maximum Gasteiger partial charge on any atom is 0.306 e. The number of unbranched alkanes of at least 4 members (excludes halogenated alkanes) is 20. The fourth-order valence-electron chi connectivity index (χ4n) is 7.67. The molecule has 0 radical (unpaired) electrons. The second-order valence-corrected chi connectivity index (χ2v) is 17.9. The molecule has 1 aliphatic heterocycles. The number of aliphatic hydroxyl groups is 4. The quantitative estimate of drug-likeness (QED) is 0.0267. The third kappa shape index (κ3) is 37.4. The molecule has 0 spiro atoms. The van der Waals surface area contributed by atoms with Gasteiger partial charge in [-0.3, -0.25) is 4.79 Å². The lowest BCUT2D eigenvalue weighted by atomic mass is 9.99. The van der Waals surface area contributed by atoms with Crippen LogP contribution in [0.15, 0.2) is 85.1 Å². The molecular weight excluding hydrogens is 829 g/mol. The average molecular weight is 927 g/mol. The van der Waals surface area contributed by atoms with Crippen LogP contribution < -0.4 is 0 Å². The largest absolute Gasteiger partial charge is 0.457 e. The van der Waals surface area contributed by atoms with Gasteiger partial charge in [0.2, 0.25) is 0 Å². The normalized spacial score (nSPS) is 20.0. The Morgan fingerprint density at radius 3 is 1.41 bits per heavy atom. The van der Waals surface area contributed by atoms with Crippen LogP contribution in [-0.2, 0) is 23.7 Å². The monoisotopic (exact) mass is 927 g/mol. The molecule has 9 heteroatoms. The van der Waals surface area contributed by atoms with Gasteiger partial charge >= 0.3 is 5.97 Å². The average Bonchev–Trinajstić information content (AvgIpc) is 3.32. The highest BCUT2D eigenvalue weighted by Crippen LogP contribution is 2.23. The number of rotatable bonds is 45. The lowest BCUT2D eigenvalue weighted by Gasteiger charge is -2.39. The number of hydrogen-bond acceptors (Lipinski definition) is 9. The molecule has 6 unspecified atom stereocenters. The van der Waals surface area contributed by atoms with Crippen molar-refractivity contribution in [1.29, 1.82) is 0 Å². The van der Waals surface area contributed by atoms with E-state index in [1.165, 1.54) is 89.9 Å². The molecule has 0 amide bonds. The summed E-state index contributed by atoms with van der Waals surface area (Å²) in [4.78, 5) is 12.9. The second kappa shape index (κ2) is 47.4. The number of esters is 1. The van der Waals surface area contributed by atoms with E-state index in [-0.39, 0.29) is 19.2 Å². The Morgan fingerprint density at radius 1 is 0.500 bits per heavy atom. The summed E-state index contributed by atoms with van der Waals surface area (Å²) in [6.07, 6.45) is 57.6. The zero-order chi connectivity index (χ0) is 47.8. The second-order valence-electron chi connectivity index (χ2n) is 17.9. The lowest BCUT2D eigenvalue weighted by Crippen LogP contribution is -2.59. The van der Waals surface area contributed by atoms with Gasteiger partial charge in [0.25, 0.3) is 0 Å². The van der Waals surface area contributed by atoms with Gasteiger partial charge in [-0.2, -0.15) is 0 Å². The van der Waals surface area contributed by atoms with Gasteiger partial charge in [0.15, 0.2) is 6.29 Å². The molecule has 0 aromatic rings. The van der Waals surface area contributed by atoms with Crippen molar-refractivity contribution in [3.8, 4) is 0 Å². The number of carbonyl (C=O) groups excluding carboxylic acids is 1. The first kappa shape index (κ1) is 61.4. The maximum atomic E-state index is 12.9. The van der Waals surface area contributed by atoms with Crippen LogP contribution in [0, 0.1) is 0 Å². The Morgan fingerprint density at radius 2 is 0.924 bits per heavy atom. The van der Waals surface area contributed by atoms with Gasteiger partial charge in [-0.15, -0.1) is 0 Å². The van der Waals surface area contributed by atoms with Crippen molar-refractivity contribution >= 4 is 5.97 Å². The number of carbonyl (C=O) groups is 1. The van der Waals surface area contributed by atoms with E-state index in [2.05, 4.69) is 98.9 Å². The van der Waals surface area contributed by atoms with Crippen molar-refractivity contribution < 1.29 is 44.2 Å². The van der Waals surface area contributed by atoms with Gasteiger partial charge in [0, 0.05) is 13.0 Å². The maximum absolute atomic E-state index is 12.9. The molecule has 4 N–H and O–H groups in total. The Balaban J connectivity index is 2.22. The van der Waals surface area contributed by atoms with Gasteiger partial charge in [0.1, 0.15) is 30.5 Å². The minimum Gasteiger partial charge on any atom is -0.457 e. The first-order chi connectivity index (χ1) is 32.4. The highest BCUT2D eigenvalue weighted by molar-refractivity contribution is 5.69. The first-order valence-electron chi connectivity index (χ1n) is 26.7. The summed E-state index contributed by atoms with van der Waals surface area (Å²) >= 11 is 0. The molecule has 0 aliphatic carbocycles. The van der Waals surface area contributed by atoms with Crippen molar-refractivity contribution in [1.82, 2.24) is 0 Å². The summed E-state index contributed by atoms with van der Waals surface area (Å²) in [5.41, 5.74) is 0. The highest BCUT2D eigenvalue weighted by Gasteiger charge is 2.44. The van der Waals surface area contributed by atoms with Crippen LogP contribution >= 0.6 is 0 Å². The molecule has 380 valence electrons. The molecule has 1 fully saturated rings. The Bertz CT molecular complexity index is 1280. The number of hydrogen-bond donors (Lipinski definition) is 4. The molecule has 0 aromatic heterocycles. The zero-order valence-corrected chi connectivity index (χ0v) is 41.9. The molecule has 6 atom stereocenters. The van der Waals surface area contributed by atoms with Crippen molar-refractivity contribution in [2.24, 2.45) is 0 Å². The van der Waals surface area contributed by atoms with E-state index in [0.717, 1.165) is 96.3 Å². The number of allylic oxidation sites excluding steroid dienone is 14. The van der Waals surface area contributed by atoms with Crippen LogP contribution in [0.2, 0.25) is 0 Å². The summed E-state index contributed by atoms with van der Waals surface area (Å²) in [7, 11) is 0. The van der Waals surface area contributed by atoms with E-state index < -0.39 is 43.4 Å². The van der Waals surface area contributed by atoms with E-state index >= 15 is 0 Å². The molecule has 1 rings (SSSR count). The molecule has 0 aromatic carbocycles. The van der Waals surface area contributed by atoms with Gasteiger partial charge < -0.3 is 39.4 Å². The van der Waals surface area contributed by atoms with Crippen LogP contribution in [0.25, 0.3) is 0 Å². The van der Waals surface area contributed by atoms with Crippen molar-refractivity contribution in [3.05, 3.63) is 85.1 Å². The SMILES string of the molecule is CC/C=C\C/C=C\C/C=C\C/C=C\C/C=C\C/C=C\CCCCCCCOCC(COC1OC(CO)C(O)C(O)C1O)OC(=O)CCCCCCCCCCC/C=C\CCCCCCCC. The van der Waals surface area contributed by atoms with E-state index in [0.29, 0.717) is 13.0 Å². The van der Waals surface area contributed by atoms with E-state index in [9.17, 15) is 25.2 Å². The standard InChI is InChI=1S/C57H98O9/c1-3-5-7-9-11-13-15-17-19-21-23-24-25-26-27-29-31-33-35-37-39-41-43-45-47-63-49-51(50-64-57-56(62)55(61)54(60)52(48-58)66-57)65-53(59)46-44-42-40-38-36-34-32-30-28-22-20-18-16-14-12-10-8-6-4-2/h5,7,11,13,17-20,23-24,26-27,31,33,51-52,54-58,60-62H,3-4,6,8-10,12,14-16,21-22,25,28-30,32,34-50H2,1-2H3/b7-5-,13-11-,19-17-,20-18-,24-23-,27-26-,33-31-. The van der Waals surface area contributed by atoms with Crippen molar-refractivity contribution in [2.45, 2.75) is 243 Å². The smallest absolute Gasteiger partial charge is 0.306 e. The molecular formula is C57H98O9. The van der Waals surface area contributed by atoms with Crippen LogP contribution in [0.4, 0.5) is 0 Å². The van der Waals surface area contributed by atoms with Gasteiger partial charge in [0.05, 0.1) is 19.8 Å². The third-order valence-corrected chi connectivity index (χ3v) is 11.8. The summed E-state index contributed by atoms with van der Waals surface area (Å²) in [6.45, 7) is 4.40. The van der Waals surface area contributed by atoms with E-state index in [1.807, 2.05) is 0 Å². The highest BCUT2D eigenvalue weighted by atomic mass is 16.7. The minimum atomic E-state index is -1.55. The summed E-state index contributed by atoms with van der Waals surface area (Å²) in [5.74, 6) is -0.325. The van der Waals surface area contributed by atoms with Gasteiger partial charge in [-0.05, 0) is 89.9 Å². The number of aliphatic hydroxyl groups excluding tert-OH is 4. The van der Waals surface area contributed by atoms with E-state index in [1.54, 1.807) is 0 Å². The molecule has 0 bridgehead atoms. The van der Waals surface area contributed by atoms with Gasteiger partial charge in [-0.25, -0.2) is 0 Å². The molecule has 1 heterocycles. The molecule has 1 saturated heterocycles. The lowest BCUT2D eigenvalue weighted by molar-refractivity contribution is -0.305. The molecule has 1 aliphatic rings. The Labute approximate surface area is 403 Å². The van der Waals surface area contributed by atoms with Crippen LogP contribution in [0.3, 0.4) is 0 Å². The van der Waals surface area contributed by atoms with Crippen molar-refractivity contribution in [2.75, 3.05) is 26.4 Å². The van der Waals surface area contributed by atoms with Crippen LogP contribution in [-0.4, -0.2) is 89.6 Å². The predicted octanol–water partition coefficient (Wildman–Crippen LogP) is 13.4. The van der Waals surface area contributed by atoms with Crippen LogP contribution in [0.1, 0.15) is 206 Å². The fraction of sp³-hybridized carbons (Fsp3) is 0.737. The fourth-order valence-corrected chi connectivity index (χ4v) is 7.67. The molecule has 66 heavy (non-hydrogen) atoms. The number of ether oxygens (including phenoxy) is 4. The summed E-state index contributed by atoms with van der Waals surface area (Å²) in [5, 5.41) is 40.3. The van der Waals surface area contributed by atoms with Crippen LogP contribution in [0.5, 0.6) is 0 Å². The van der Waals surface area contributed by atoms with Crippen molar-refractivity contribution in [3.63, 3.8) is 0 Å². The first-order valence-corrected chi connectivity index (χ1v) is 26.7. The summed E-state index contributed by atoms with van der Waals surface area (Å²) in [6, 6.07) is 0. The molecule has 0 saturated carbocycles. The van der Waals surface area contributed by atoms with E-state index in [4.69, 9.17) is 18.9 Å². The predicted molar refractivity (Wildman–Crippen MR) is 274 cm³/mol. The summed E-state index contributed by atoms with van der Waals surface area (Å²) < 4.78 is 22.9. The third-order valence-electron chi connectivity index (χ3n) is 11.8. The zero-order valence-electron chi connectivity index (χ0n) is 41.9. The Hall–Kier alpha value is -2.63.